The Morgan fingerprint density at radius 1 is 0.606 bits per heavy atom. The van der Waals surface area contributed by atoms with Crippen LogP contribution in [0.4, 0.5) is 0 Å². The first-order valence-electron chi connectivity index (χ1n) is 11.0. The minimum atomic E-state index is 0.718. The van der Waals surface area contributed by atoms with Gasteiger partial charge in [0, 0.05) is 16.7 Å². The largest absolute Gasteiger partial charge is 0.496 e. The van der Waals surface area contributed by atoms with Gasteiger partial charge in [0.05, 0.1) is 21.3 Å². The second-order valence-corrected chi connectivity index (χ2v) is 7.76. The molecule has 0 heterocycles. The molecule has 0 aromatic heterocycles. The van der Waals surface area contributed by atoms with E-state index in [1.54, 1.807) is 21.3 Å². The summed E-state index contributed by atoms with van der Waals surface area (Å²) in [6, 6.07) is 16.8. The molecule has 33 heavy (non-hydrogen) atoms. The minimum Gasteiger partial charge on any atom is -0.496 e. The number of benzene rings is 3. The standard InChI is InChI=1S/C30H32O3/c1-7-10-21-13-15-29(32-5)26(17-21)27-19-22(11-8-2)18-25(30(27)33-6)23-14-16-28(31-4)24(20-23)12-9-3/h7-9,13-20H,1-3,10-12H2,4-6H3. The van der Waals surface area contributed by atoms with Gasteiger partial charge in [0.15, 0.2) is 0 Å². The van der Waals surface area contributed by atoms with E-state index in [4.69, 9.17) is 14.2 Å². The molecule has 0 bridgehead atoms. The molecular formula is C30H32O3. The van der Waals surface area contributed by atoms with Crippen LogP contribution in [0, 0.1) is 0 Å². The van der Waals surface area contributed by atoms with E-state index in [0.717, 1.165) is 75.5 Å². The summed E-state index contributed by atoms with van der Waals surface area (Å²) < 4.78 is 17.3. The van der Waals surface area contributed by atoms with E-state index in [1.165, 1.54) is 0 Å². The summed E-state index contributed by atoms with van der Waals surface area (Å²) >= 11 is 0. The van der Waals surface area contributed by atoms with E-state index in [-0.39, 0.29) is 0 Å². The average Bonchev–Trinajstić information content (AvgIpc) is 2.84. The summed E-state index contributed by atoms with van der Waals surface area (Å²) in [5, 5.41) is 0. The Hall–Kier alpha value is -3.72. The van der Waals surface area contributed by atoms with Crippen molar-refractivity contribution in [2.45, 2.75) is 19.3 Å². The topological polar surface area (TPSA) is 27.7 Å². The van der Waals surface area contributed by atoms with Gasteiger partial charge in [0.25, 0.3) is 0 Å². The van der Waals surface area contributed by atoms with Crippen LogP contribution in [0.25, 0.3) is 22.3 Å². The Balaban J connectivity index is 2.32. The van der Waals surface area contributed by atoms with E-state index in [1.807, 2.05) is 30.4 Å². The average molecular weight is 441 g/mol. The lowest BCUT2D eigenvalue weighted by molar-refractivity contribution is 0.410. The molecule has 3 nitrogen and oxygen atoms in total. The van der Waals surface area contributed by atoms with Gasteiger partial charge in [-0.15, -0.1) is 19.7 Å². The number of hydrogen-bond donors (Lipinski definition) is 0. The number of rotatable bonds is 11. The third-order valence-corrected chi connectivity index (χ3v) is 5.62. The van der Waals surface area contributed by atoms with Crippen LogP contribution >= 0.6 is 0 Å². The Bertz CT molecular complexity index is 1160. The van der Waals surface area contributed by atoms with Gasteiger partial charge in [0.2, 0.25) is 0 Å². The maximum Gasteiger partial charge on any atom is 0.134 e. The zero-order valence-electron chi connectivity index (χ0n) is 19.8. The molecule has 0 radical (unpaired) electrons. The predicted molar refractivity (Wildman–Crippen MR) is 139 cm³/mol. The number of allylic oxidation sites excluding steroid dienone is 3. The number of hydrogen-bond acceptors (Lipinski definition) is 3. The van der Waals surface area contributed by atoms with Crippen LogP contribution in [0.3, 0.4) is 0 Å². The van der Waals surface area contributed by atoms with E-state index < -0.39 is 0 Å². The van der Waals surface area contributed by atoms with Crippen LogP contribution in [0.15, 0.2) is 86.5 Å². The molecule has 3 aromatic rings. The van der Waals surface area contributed by atoms with Gasteiger partial charge in [-0.1, -0.05) is 30.4 Å². The summed E-state index contributed by atoms with van der Waals surface area (Å²) in [4.78, 5) is 0. The third-order valence-electron chi connectivity index (χ3n) is 5.62. The maximum atomic E-state index is 6.02. The van der Waals surface area contributed by atoms with Gasteiger partial charge < -0.3 is 14.2 Å². The van der Waals surface area contributed by atoms with Crippen molar-refractivity contribution in [3.05, 3.63) is 103 Å². The van der Waals surface area contributed by atoms with Crippen molar-refractivity contribution in [2.24, 2.45) is 0 Å². The summed E-state index contributed by atoms with van der Waals surface area (Å²) in [6.07, 6.45) is 7.94. The second-order valence-electron chi connectivity index (χ2n) is 7.76. The van der Waals surface area contributed by atoms with Gasteiger partial charge in [-0.05, 0) is 77.9 Å². The molecule has 0 aliphatic carbocycles. The van der Waals surface area contributed by atoms with Crippen LogP contribution in [-0.4, -0.2) is 21.3 Å². The molecular weight excluding hydrogens is 408 g/mol. The zero-order valence-corrected chi connectivity index (χ0v) is 19.8. The minimum absolute atomic E-state index is 0.718. The summed E-state index contributed by atoms with van der Waals surface area (Å²) in [5.41, 5.74) is 7.42. The zero-order chi connectivity index (χ0) is 23.8. The number of ether oxygens (including phenoxy) is 3. The smallest absolute Gasteiger partial charge is 0.134 e. The Labute approximate surface area is 197 Å². The molecule has 170 valence electrons. The predicted octanol–water partition coefficient (Wildman–Crippen LogP) is 7.23. The first-order chi connectivity index (χ1) is 16.1. The van der Waals surface area contributed by atoms with Crippen molar-refractivity contribution in [3.8, 4) is 39.5 Å². The molecule has 0 amide bonds. The Morgan fingerprint density at radius 3 is 1.85 bits per heavy atom. The molecule has 0 saturated heterocycles. The lowest BCUT2D eigenvalue weighted by Gasteiger charge is -2.19. The summed E-state index contributed by atoms with van der Waals surface area (Å²) in [6.45, 7) is 11.7. The van der Waals surface area contributed by atoms with Crippen LogP contribution in [-0.2, 0) is 19.3 Å². The van der Waals surface area contributed by atoms with Gasteiger partial charge in [-0.25, -0.2) is 0 Å². The van der Waals surface area contributed by atoms with Crippen LogP contribution in [0.2, 0.25) is 0 Å². The lowest BCUT2D eigenvalue weighted by Crippen LogP contribution is -1.98. The van der Waals surface area contributed by atoms with Crippen LogP contribution in [0.1, 0.15) is 16.7 Å². The molecule has 0 saturated carbocycles. The van der Waals surface area contributed by atoms with Gasteiger partial charge in [-0.3, -0.25) is 0 Å². The van der Waals surface area contributed by atoms with E-state index >= 15 is 0 Å². The molecule has 3 aromatic carbocycles. The third kappa shape index (κ3) is 5.20. The maximum absolute atomic E-state index is 6.02. The fourth-order valence-corrected chi connectivity index (χ4v) is 4.13. The van der Waals surface area contributed by atoms with Crippen LogP contribution < -0.4 is 14.2 Å². The molecule has 0 fully saturated rings. The molecule has 0 N–H and O–H groups in total. The molecule has 0 aliphatic rings. The van der Waals surface area contributed by atoms with Crippen molar-refractivity contribution in [3.63, 3.8) is 0 Å². The normalized spacial score (nSPS) is 10.4. The molecule has 3 heteroatoms. The second kappa shape index (κ2) is 11.2. The SMILES string of the molecule is C=CCc1ccc(OC)c(-c2cc(CC=C)cc(-c3ccc(OC)c(CC=C)c3)c2OC)c1. The first kappa shape index (κ1) is 23.9. The molecule has 0 unspecified atom stereocenters. The summed E-state index contributed by atoms with van der Waals surface area (Å²) in [5.74, 6) is 2.44. The molecule has 0 atom stereocenters. The lowest BCUT2D eigenvalue weighted by atomic mass is 9.91. The first-order valence-corrected chi connectivity index (χ1v) is 11.0. The van der Waals surface area contributed by atoms with Crippen molar-refractivity contribution < 1.29 is 14.2 Å². The Morgan fingerprint density at radius 2 is 1.21 bits per heavy atom. The quantitative estimate of drug-likeness (QED) is 0.294. The fraction of sp³-hybridized carbons (Fsp3) is 0.200. The highest BCUT2D eigenvalue weighted by Crippen LogP contribution is 2.44. The van der Waals surface area contributed by atoms with E-state index in [2.05, 4.69) is 56.1 Å². The fourth-order valence-electron chi connectivity index (χ4n) is 4.13. The Kier molecular flexibility index (Phi) is 8.15. The van der Waals surface area contributed by atoms with Crippen molar-refractivity contribution in [2.75, 3.05) is 21.3 Å². The molecule has 0 aliphatic heterocycles. The van der Waals surface area contributed by atoms with Crippen molar-refractivity contribution >= 4 is 0 Å². The molecule has 3 rings (SSSR count). The number of methoxy groups -OCH3 is 3. The van der Waals surface area contributed by atoms with Crippen molar-refractivity contribution in [1.29, 1.82) is 0 Å². The monoisotopic (exact) mass is 440 g/mol. The van der Waals surface area contributed by atoms with E-state index in [9.17, 15) is 0 Å². The van der Waals surface area contributed by atoms with Crippen molar-refractivity contribution in [1.82, 2.24) is 0 Å². The molecule has 0 spiro atoms. The highest BCUT2D eigenvalue weighted by Gasteiger charge is 2.19. The summed E-state index contributed by atoms with van der Waals surface area (Å²) in [7, 11) is 5.09. The highest BCUT2D eigenvalue weighted by atomic mass is 16.5. The van der Waals surface area contributed by atoms with Crippen LogP contribution in [0.5, 0.6) is 17.2 Å². The highest BCUT2D eigenvalue weighted by molar-refractivity contribution is 5.86. The van der Waals surface area contributed by atoms with E-state index in [0.29, 0.717) is 0 Å². The van der Waals surface area contributed by atoms with Gasteiger partial charge in [0.1, 0.15) is 17.2 Å². The van der Waals surface area contributed by atoms with Gasteiger partial charge in [-0.2, -0.15) is 0 Å². The van der Waals surface area contributed by atoms with Gasteiger partial charge >= 0.3 is 0 Å².